The van der Waals surface area contributed by atoms with Gasteiger partial charge in [0.1, 0.15) is 11.2 Å². The zero-order valence-electron chi connectivity index (χ0n) is 18.7. The monoisotopic (exact) mass is 426 g/mol. The number of aryl methyl sites for hydroxylation is 1. The van der Waals surface area contributed by atoms with Crippen LogP contribution in [0.2, 0.25) is 0 Å². The first-order valence-electron chi connectivity index (χ1n) is 10.2. The Morgan fingerprint density at radius 1 is 1.19 bits per heavy atom. The Bertz CT molecular complexity index is 982. The van der Waals surface area contributed by atoms with Crippen LogP contribution in [-0.4, -0.2) is 77.1 Å². The molecule has 1 aromatic heterocycles. The minimum Gasteiger partial charge on any atom is -0.350 e. The first kappa shape index (κ1) is 22.5. The molecule has 1 aliphatic rings. The van der Waals surface area contributed by atoms with Crippen molar-refractivity contribution in [2.24, 2.45) is 0 Å². The van der Waals surface area contributed by atoms with E-state index >= 15 is 0 Å². The quantitative estimate of drug-likeness (QED) is 0.677. The second kappa shape index (κ2) is 8.89. The van der Waals surface area contributed by atoms with Gasteiger partial charge < -0.3 is 20.4 Å². The van der Waals surface area contributed by atoms with Gasteiger partial charge in [-0.25, -0.2) is 0 Å². The number of carbonyl (C=O) groups is 3. The molecule has 1 aromatic carbocycles. The highest BCUT2D eigenvalue weighted by atomic mass is 16.2. The lowest BCUT2D eigenvalue weighted by molar-refractivity contribution is -0.132. The fourth-order valence-electron chi connectivity index (χ4n) is 3.40. The van der Waals surface area contributed by atoms with Crippen molar-refractivity contribution >= 4 is 17.7 Å². The summed E-state index contributed by atoms with van der Waals surface area (Å²) in [5.74, 6) is -0.967. The molecule has 2 aromatic rings. The maximum Gasteiger partial charge on any atom is 0.272 e. The van der Waals surface area contributed by atoms with Crippen molar-refractivity contribution in [3.8, 4) is 0 Å². The molecule has 0 fully saturated rings. The fourth-order valence-corrected chi connectivity index (χ4v) is 3.40. The maximum atomic E-state index is 13.0. The molecule has 0 radical (unpaired) electrons. The molecule has 0 saturated heterocycles. The van der Waals surface area contributed by atoms with Crippen molar-refractivity contribution in [1.29, 1.82) is 0 Å². The van der Waals surface area contributed by atoms with Crippen LogP contribution in [0.15, 0.2) is 30.3 Å². The number of hydrogen-bond acceptors (Lipinski definition) is 5. The first-order chi connectivity index (χ1) is 14.6. The minimum absolute atomic E-state index is 0.162. The zero-order valence-corrected chi connectivity index (χ0v) is 18.7. The summed E-state index contributed by atoms with van der Waals surface area (Å²) in [6.45, 7) is 5.40. The fraction of sp³-hybridized carbons (Fsp3) is 0.455. The Morgan fingerprint density at radius 2 is 1.87 bits per heavy atom. The number of fused-ring (bicyclic) bond motifs is 1. The summed E-state index contributed by atoms with van der Waals surface area (Å²) in [5.41, 5.74) is 1.46. The second-order valence-electron chi connectivity index (χ2n) is 8.44. The second-order valence-corrected chi connectivity index (χ2v) is 8.44. The summed E-state index contributed by atoms with van der Waals surface area (Å²) in [7, 11) is 5.43. The number of carbonyl (C=O) groups excluding carboxylic acids is 3. The van der Waals surface area contributed by atoms with Crippen LogP contribution in [0.4, 0.5) is 0 Å². The van der Waals surface area contributed by atoms with Gasteiger partial charge in [0.15, 0.2) is 5.69 Å². The van der Waals surface area contributed by atoms with Crippen LogP contribution in [0.3, 0.4) is 0 Å². The van der Waals surface area contributed by atoms with Gasteiger partial charge in [0.05, 0.1) is 6.54 Å². The van der Waals surface area contributed by atoms with E-state index < -0.39 is 5.54 Å². The van der Waals surface area contributed by atoms with Crippen LogP contribution in [0.5, 0.6) is 0 Å². The van der Waals surface area contributed by atoms with Gasteiger partial charge in [-0.2, -0.15) is 5.10 Å². The third-order valence-corrected chi connectivity index (χ3v) is 5.64. The number of amides is 3. The molecule has 3 rings (SSSR count). The van der Waals surface area contributed by atoms with Crippen molar-refractivity contribution < 1.29 is 14.4 Å². The summed E-state index contributed by atoms with van der Waals surface area (Å²) in [4.78, 5) is 41.8. The summed E-state index contributed by atoms with van der Waals surface area (Å²) in [6, 6.07) is 9.37. The Morgan fingerprint density at radius 3 is 2.52 bits per heavy atom. The number of rotatable bonds is 7. The van der Waals surface area contributed by atoms with Crippen molar-refractivity contribution in [1.82, 2.24) is 30.2 Å². The summed E-state index contributed by atoms with van der Waals surface area (Å²) >= 11 is 0. The molecule has 2 N–H and O–H groups in total. The molecule has 9 nitrogen and oxygen atoms in total. The zero-order chi connectivity index (χ0) is 22.8. The van der Waals surface area contributed by atoms with Gasteiger partial charge in [-0.05, 0) is 33.5 Å². The SMILES string of the molecule is Cc1ccc(CNC(=O)C2(C)Cn3nc(C(=O)NCCN(C)C)cc3C(=O)N2C)cc1. The molecule has 0 spiro atoms. The lowest BCUT2D eigenvalue weighted by Gasteiger charge is -2.40. The Balaban J connectivity index is 1.72. The van der Waals surface area contributed by atoms with Crippen LogP contribution in [0, 0.1) is 6.92 Å². The van der Waals surface area contributed by atoms with Gasteiger partial charge >= 0.3 is 0 Å². The van der Waals surface area contributed by atoms with Gasteiger partial charge in [0.25, 0.3) is 11.8 Å². The normalized spacial score (nSPS) is 18.1. The number of likely N-dealkylation sites (N-methyl/N-ethyl adjacent to an activating group) is 2. The predicted molar refractivity (Wildman–Crippen MR) is 117 cm³/mol. The Hall–Kier alpha value is -3.20. The number of hydrogen-bond donors (Lipinski definition) is 2. The van der Waals surface area contributed by atoms with E-state index in [4.69, 9.17) is 0 Å². The highest BCUT2D eigenvalue weighted by Gasteiger charge is 2.46. The molecule has 31 heavy (non-hydrogen) atoms. The summed E-state index contributed by atoms with van der Waals surface area (Å²) in [6.07, 6.45) is 0. The van der Waals surface area contributed by atoms with E-state index in [0.717, 1.165) is 11.1 Å². The minimum atomic E-state index is -1.13. The van der Waals surface area contributed by atoms with E-state index in [1.807, 2.05) is 50.2 Å². The predicted octanol–water partition coefficient (Wildman–Crippen LogP) is 0.644. The number of benzene rings is 1. The molecule has 0 bridgehead atoms. The van der Waals surface area contributed by atoms with Gasteiger partial charge in [-0.15, -0.1) is 0 Å². The number of nitrogens with one attached hydrogen (secondary N) is 2. The van der Waals surface area contributed by atoms with Crippen molar-refractivity contribution in [2.75, 3.05) is 34.2 Å². The van der Waals surface area contributed by atoms with Crippen LogP contribution < -0.4 is 10.6 Å². The van der Waals surface area contributed by atoms with E-state index in [9.17, 15) is 14.4 Å². The molecule has 166 valence electrons. The molecule has 1 aliphatic heterocycles. The van der Waals surface area contributed by atoms with Gasteiger partial charge in [-0.1, -0.05) is 29.8 Å². The Kier molecular flexibility index (Phi) is 6.45. The number of nitrogens with zero attached hydrogens (tertiary/aromatic N) is 4. The lowest BCUT2D eigenvalue weighted by Crippen LogP contribution is -2.62. The topological polar surface area (TPSA) is 99.6 Å². The van der Waals surface area contributed by atoms with Crippen molar-refractivity contribution in [3.63, 3.8) is 0 Å². The van der Waals surface area contributed by atoms with Gasteiger partial charge in [0.2, 0.25) is 5.91 Å². The lowest BCUT2D eigenvalue weighted by atomic mass is 9.95. The third kappa shape index (κ3) is 4.77. The molecule has 1 unspecified atom stereocenters. The standard InChI is InChI=1S/C22H30N6O3/c1-15-6-8-16(9-7-15)13-24-21(31)22(2)14-28-18(20(30)27(22)5)12-17(25-28)19(29)23-10-11-26(3)4/h6-9,12H,10-11,13-14H2,1-5H3,(H,23,29)(H,24,31). The van der Waals surface area contributed by atoms with Crippen LogP contribution >= 0.6 is 0 Å². The largest absolute Gasteiger partial charge is 0.350 e. The van der Waals surface area contributed by atoms with Crippen LogP contribution in [0.25, 0.3) is 0 Å². The highest BCUT2D eigenvalue weighted by molar-refractivity contribution is 6.01. The smallest absolute Gasteiger partial charge is 0.272 e. The van der Waals surface area contributed by atoms with E-state index in [1.165, 1.54) is 15.6 Å². The van der Waals surface area contributed by atoms with Gasteiger partial charge in [-0.3, -0.25) is 19.1 Å². The summed E-state index contributed by atoms with van der Waals surface area (Å²) in [5, 5.41) is 10.0. The molecular formula is C22H30N6O3. The number of aromatic nitrogens is 2. The average molecular weight is 427 g/mol. The highest BCUT2D eigenvalue weighted by Crippen LogP contribution is 2.26. The molecule has 0 aliphatic carbocycles. The molecule has 9 heteroatoms. The van der Waals surface area contributed by atoms with E-state index in [0.29, 0.717) is 25.3 Å². The van der Waals surface area contributed by atoms with Gasteiger partial charge in [0, 0.05) is 32.7 Å². The van der Waals surface area contributed by atoms with Crippen molar-refractivity contribution in [2.45, 2.75) is 32.5 Å². The van der Waals surface area contributed by atoms with E-state index in [1.54, 1.807) is 14.0 Å². The van der Waals surface area contributed by atoms with Crippen LogP contribution in [-0.2, 0) is 17.9 Å². The molecule has 2 heterocycles. The Labute approximate surface area is 182 Å². The summed E-state index contributed by atoms with van der Waals surface area (Å²) < 4.78 is 1.45. The average Bonchev–Trinajstić information content (AvgIpc) is 3.15. The molecule has 3 amide bonds. The van der Waals surface area contributed by atoms with E-state index in [2.05, 4.69) is 15.7 Å². The van der Waals surface area contributed by atoms with Crippen LogP contribution in [0.1, 0.15) is 39.0 Å². The molecule has 1 atom stereocenters. The first-order valence-corrected chi connectivity index (χ1v) is 10.2. The van der Waals surface area contributed by atoms with Crippen molar-refractivity contribution in [3.05, 3.63) is 52.8 Å². The maximum absolute atomic E-state index is 13.0. The molecular weight excluding hydrogens is 396 g/mol. The molecule has 0 saturated carbocycles. The van der Waals surface area contributed by atoms with E-state index in [-0.39, 0.29) is 30.0 Å². The third-order valence-electron chi connectivity index (χ3n) is 5.64.